The third-order valence-corrected chi connectivity index (χ3v) is 6.07. The highest BCUT2D eigenvalue weighted by Crippen LogP contribution is 2.35. The number of hydrogen-bond donors (Lipinski definition) is 1. The van der Waals surface area contributed by atoms with Gasteiger partial charge in [0, 0.05) is 11.6 Å². The van der Waals surface area contributed by atoms with Crippen molar-refractivity contribution in [3.8, 4) is 22.1 Å². The number of aromatic nitrogens is 1. The number of nitrogens with one attached hydrogen (secondary N) is 1. The highest BCUT2D eigenvalue weighted by atomic mass is 32.1. The van der Waals surface area contributed by atoms with Crippen LogP contribution in [0.4, 0.5) is 0 Å². The molecule has 0 radical (unpaired) electrons. The minimum absolute atomic E-state index is 0.0538. The number of amides is 1. The fourth-order valence-corrected chi connectivity index (χ4v) is 4.45. The van der Waals surface area contributed by atoms with E-state index in [1.54, 1.807) is 25.6 Å². The SMILES string of the molecule is COc1ccc(-c2nc(C)c(C(=O)NC(C)Cc3ccsc3)s2)cc1OC. The maximum atomic E-state index is 12.7. The predicted octanol–water partition coefficient (Wildman–Crippen LogP) is 4.56. The van der Waals surface area contributed by atoms with Crippen molar-refractivity contribution in [3.05, 3.63) is 51.2 Å². The number of ether oxygens (including phenoxy) is 2. The molecule has 3 aromatic rings. The molecule has 1 N–H and O–H groups in total. The second-order valence-electron chi connectivity index (χ2n) is 6.21. The number of benzene rings is 1. The van der Waals surface area contributed by atoms with Crippen molar-refractivity contribution in [2.24, 2.45) is 0 Å². The highest BCUT2D eigenvalue weighted by molar-refractivity contribution is 7.17. The maximum Gasteiger partial charge on any atom is 0.263 e. The van der Waals surface area contributed by atoms with E-state index in [0.29, 0.717) is 16.4 Å². The average Bonchev–Trinajstić information content (AvgIpc) is 3.30. The molecule has 1 aromatic carbocycles. The van der Waals surface area contributed by atoms with Crippen LogP contribution in [0.25, 0.3) is 10.6 Å². The normalized spacial score (nSPS) is 11.9. The van der Waals surface area contributed by atoms with Gasteiger partial charge in [-0.3, -0.25) is 4.79 Å². The third kappa shape index (κ3) is 4.48. The second kappa shape index (κ2) is 8.54. The minimum Gasteiger partial charge on any atom is -0.493 e. The lowest BCUT2D eigenvalue weighted by molar-refractivity contribution is 0.0943. The number of carbonyl (C=O) groups is 1. The molecular weight excluding hydrogens is 380 g/mol. The van der Waals surface area contributed by atoms with Gasteiger partial charge in [0.2, 0.25) is 0 Å². The van der Waals surface area contributed by atoms with E-state index in [1.165, 1.54) is 16.9 Å². The van der Waals surface area contributed by atoms with E-state index >= 15 is 0 Å². The molecule has 1 atom stereocenters. The fraction of sp³-hybridized carbons (Fsp3) is 0.300. The molecule has 0 aliphatic heterocycles. The Bertz CT molecular complexity index is 919. The number of thiophene rings is 1. The van der Waals surface area contributed by atoms with Gasteiger partial charge in [-0.25, -0.2) is 4.98 Å². The number of thiazole rings is 1. The zero-order valence-electron chi connectivity index (χ0n) is 15.7. The molecule has 27 heavy (non-hydrogen) atoms. The van der Waals surface area contributed by atoms with Crippen LogP contribution in [0.5, 0.6) is 11.5 Å². The van der Waals surface area contributed by atoms with Gasteiger partial charge in [0.1, 0.15) is 9.88 Å². The number of methoxy groups -OCH3 is 2. The van der Waals surface area contributed by atoms with Crippen LogP contribution in [-0.4, -0.2) is 31.2 Å². The van der Waals surface area contributed by atoms with Crippen molar-refractivity contribution in [2.75, 3.05) is 14.2 Å². The van der Waals surface area contributed by atoms with Gasteiger partial charge in [-0.15, -0.1) is 11.3 Å². The predicted molar refractivity (Wildman–Crippen MR) is 110 cm³/mol. The molecule has 1 unspecified atom stereocenters. The van der Waals surface area contributed by atoms with Crippen LogP contribution in [-0.2, 0) is 6.42 Å². The van der Waals surface area contributed by atoms with E-state index in [1.807, 2.05) is 37.4 Å². The standard InChI is InChI=1S/C20H22N2O3S2/c1-12(9-14-7-8-26-11-14)21-19(23)18-13(2)22-20(27-18)15-5-6-16(24-3)17(10-15)25-4/h5-8,10-12H,9H2,1-4H3,(H,21,23). The zero-order valence-corrected chi connectivity index (χ0v) is 17.4. The van der Waals surface area contributed by atoms with Gasteiger partial charge >= 0.3 is 0 Å². The molecule has 0 spiro atoms. The Labute approximate surface area is 167 Å². The topological polar surface area (TPSA) is 60.5 Å². The first-order valence-electron chi connectivity index (χ1n) is 8.53. The molecule has 142 valence electrons. The molecule has 7 heteroatoms. The van der Waals surface area contributed by atoms with Crippen LogP contribution in [0.3, 0.4) is 0 Å². The Hall–Kier alpha value is -2.38. The number of hydrogen-bond acceptors (Lipinski definition) is 6. The Kier molecular flexibility index (Phi) is 6.13. The van der Waals surface area contributed by atoms with Crippen molar-refractivity contribution < 1.29 is 14.3 Å². The van der Waals surface area contributed by atoms with Crippen LogP contribution < -0.4 is 14.8 Å². The monoisotopic (exact) mass is 402 g/mol. The molecule has 1 amide bonds. The van der Waals surface area contributed by atoms with Crippen molar-refractivity contribution in [2.45, 2.75) is 26.3 Å². The van der Waals surface area contributed by atoms with Gasteiger partial charge in [0.05, 0.1) is 19.9 Å². The molecule has 0 aliphatic carbocycles. The smallest absolute Gasteiger partial charge is 0.263 e. The second-order valence-corrected chi connectivity index (χ2v) is 7.99. The van der Waals surface area contributed by atoms with Gasteiger partial charge in [0.25, 0.3) is 5.91 Å². The van der Waals surface area contributed by atoms with E-state index in [2.05, 4.69) is 21.7 Å². The third-order valence-electron chi connectivity index (χ3n) is 4.13. The first-order chi connectivity index (χ1) is 13.0. The van der Waals surface area contributed by atoms with Gasteiger partial charge < -0.3 is 14.8 Å². The Morgan fingerprint density at radius 2 is 2.00 bits per heavy atom. The summed E-state index contributed by atoms with van der Waals surface area (Å²) in [4.78, 5) is 17.9. The highest BCUT2D eigenvalue weighted by Gasteiger charge is 2.19. The number of aryl methyl sites for hydroxylation is 1. The molecule has 0 bridgehead atoms. The van der Waals surface area contributed by atoms with Crippen molar-refractivity contribution >= 4 is 28.6 Å². The van der Waals surface area contributed by atoms with Crippen molar-refractivity contribution in [1.29, 1.82) is 0 Å². The molecule has 2 aromatic heterocycles. The molecule has 0 fully saturated rings. The molecule has 0 aliphatic rings. The average molecular weight is 403 g/mol. The van der Waals surface area contributed by atoms with Gasteiger partial charge in [0.15, 0.2) is 11.5 Å². The lowest BCUT2D eigenvalue weighted by atomic mass is 10.1. The largest absolute Gasteiger partial charge is 0.493 e. The summed E-state index contributed by atoms with van der Waals surface area (Å²) in [5.74, 6) is 1.22. The Morgan fingerprint density at radius 3 is 2.67 bits per heavy atom. The van der Waals surface area contributed by atoms with E-state index in [4.69, 9.17) is 9.47 Å². The zero-order chi connectivity index (χ0) is 19.4. The van der Waals surface area contributed by atoms with E-state index in [-0.39, 0.29) is 11.9 Å². The Balaban J connectivity index is 1.76. The molecule has 2 heterocycles. The molecule has 3 rings (SSSR count). The fourth-order valence-electron chi connectivity index (χ4n) is 2.80. The van der Waals surface area contributed by atoms with Gasteiger partial charge in [-0.2, -0.15) is 11.3 Å². The van der Waals surface area contributed by atoms with Crippen molar-refractivity contribution in [3.63, 3.8) is 0 Å². The summed E-state index contributed by atoms with van der Waals surface area (Å²) >= 11 is 3.05. The van der Waals surface area contributed by atoms with E-state index in [9.17, 15) is 4.79 Å². The molecule has 5 nitrogen and oxygen atoms in total. The first-order valence-corrected chi connectivity index (χ1v) is 10.3. The van der Waals surface area contributed by atoms with Crippen LogP contribution in [0.1, 0.15) is 27.9 Å². The van der Waals surface area contributed by atoms with Crippen LogP contribution >= 0.6 is 22.7 Å². The molecular formula is C20H22N2O3S2. The summed E-state index contributed by atoms with van der Waals surface area (Å²) in [6.45, 7) is 3.88. The molecule has 0 saturated carbocycles. The number of carbonyl (C=O) groups excluding carboxylic acids is 1. The minimum atomic E-state index is -0.0838. The van der Waals surface area contributed by atoms with E-state index in [0.717, 1.165) is 22.7 Å². The first kappa shape index (κ1) is 19.4. The summed E-state index contributed by atoms with van der Waals surface area (Å²) < 4.78 is 10.6. The number of rotatable bonds is 7. The lowest BCUT2D eigenvalue weighted by Gasteiger charge is -2.12. The van der Waals surface area contributed by atoms with Gasteiger partial charge in [-0.1, -0.05) is 0 Å². The van der Waals surface area contributed by atoms with Crippen molar-refractivity contribution in [1.82, 2.24) is 10.3 Å². The van der Waals surface area contributed by atoms with Crippen LogP contribution in [0, 0.1) is 6.92 Å². The summed E-state index contributed by atoms with van der Waals surface area (Å²) in [6, 6.07) is 7.77. The summed E-state index contributed by atoms with van der Waals surface area (Å²) in [5.41, 5.74) is 2.86. The summed E-state index contributed by atoms with van der Waals surface area (Å²) in [5, 5.41) is 8.01. The molecule has 0 saturated heterocycles. The summed E-state index contributed by atoms with van der Waals surface area (Å²) in [6.07, 6.45) is 0.815. The maximum absolute atomic E-state index is 12.7. The number of nitrogens with zero attached hydrogens (tertiary/aromatic N) is 1. The Morgan fingerprint density at radius 1 is 1.22 bits per heavy atom. The van der Waals surface area contributed by atoms with E-state index < -0.39 is 0 Å². The van der Waals surface area contributed by atoms with Crippen LogP contribution in [0.2, 0.25) is 0 Å². The van der Waals surface area contributed by atoms with Gasteiger partial charge in [-0.05, 0) is 60.9 Å². The van der Waals surface area contributed by atoms with Crippen LogP contribution in [0.15, 0.2) is 35.0 Å². The quantitative estimate of drug-likeness (QED) is 0.629. The lowest BCUT2D eigenvalue weighted by Crippen LogP contribution is -2.33. The summed E-state index contributed by atoms with van der Waals surface area (Å²) in [7, 11) is 3.20.